The van der Waals surface area contributed by atoms with Crippen molar-refractivity contribution in [3.8, 4) is 0 Å². The molecule has 0 spiro atoms. The number of hydrogen-bond acceptors (Lipinski definition) is 1. The molecule has 3 heteroatoms. The van der Waals surface area contributed by atoms with Crippen LogP contribution in [-0.2, 0) is 6.42 Å². The highest BCUT2D eigenvalue weighted by molar-refractivity contribution is 6.35. The molecule has 1 aromatic rings. The van der Waals surface area contributed by atoms with Gasteiger partial charge >= 0.3 is 0 Å². The molecule has 0 aromatic heterocycles. The fourth-order valence-electron chi connectivity index (χ4n) is 2.85. The molecular formula is C15H21Cl2N. The lowest BCUT2D eigenvalue weighted by molar-refractivity contribution is 0.399. The summed E-state index contributed by atoms with van der Waals surface area (Å²) in [5.41, 5.74) is 1.23. The Hall–Kier alpha value is -0.240. The first-order valence-corrected chi connectivity index (χ1v) is 7.63. The largest absolute Gasteiger partial charge is 0.314 e. The number of nitrogens with one attached hydrogen (secondary N) is 1. The summed E-state index contributed by atoms with van der Waals surface area (Å²) in [5, 5.41) is 5.19. The van der Waals surface area contributed by atoms with Crippen molar-refractivity contribution in [2.75, 3.05) is 6.54 Å². The van der Waals surface area contributed by atoms with Crippen molar-refractivity contribution in [3.63, 3.8) is 0 Å². The zero-order valence-corrected chi connectivity index (χ0v) is 12.4. The third-order valence-corrected chi connectivity index (χ3v) is 4.40. The second-order valence-corrected chi connectivity index (χ2v) is 6.04. The van der Waals surface area contributed by atoms with E-state index in [1.807, 2.05) is 12.1 Å². The van der Waals surface area contributed by atoms with Crippen LogP contribution in [0, 0.1) is 5.92 Å². The highest BCUT2D eigenvalue weighted by Gasteiger charge is 2.27. The summed E-state index contributed by atoms with van der Waals surface area (Å²) in [4.78, 5) is 0. The minimum absolute atomic E-state index is 0.664. The quantitative estimate of drug-likeness (QED) is 0.827. The van der Waals surface area contributed by atoms with Crippen molar-refractivity contribution < 1.29 is 0 Å². The van der Waals surface area contributed by atoms with E-state index in [4.69, 9.17) is 23.2 Å². The van der Waals surface area contributed by atoms with Gasteiger partial charge in [-0.3, -0.25) is 0 Å². The first-order chi connectivity index (χ1) is 8.70. The number of hydrogen-bond donors (Lipinski definition) is 1. The Kier molecular flexibility index (Phi) is 5.35. The van der Waals surface area contributed by atoms with E-state index in [0.717, 1.165) is 28.9 Å². The van der Waals surface area contributed by atoms with E-state index in [-0.39, 0.29) is 0 Å². The van der Waals surface area contributed by atoms with E-state index < -0.39 is 0 Å². The minimum Gasteiger partial charge on any atom is -0.314 e. The van der Waals surface area contributed by atoms with Crippen LogP contribution in [0.3, 0.4) is 0 Å². The normalized spacial score (nSPS) is 23.5. The average molecular weight is 286 g/mol. The maximum atomic E-state index is 6.26. The molecule has 0 bridgehead atoms. The van der Waals surface area contributed by atoms with Crippen molar-refractivity contribution >= 4 is 23.2 Å². The van der Waals surface area contributed by atoms with Crippen molar-refractivity contribution in [2.45, 2.75) is 45.1 Å². The van der Waals surface area contributed by atoms with E-state index in [0.29, 0.717) is 6.04 Å². The molecule has 1 aliphatic carbocycles. The van der Waals surface area contributed by atoms with Gasteiger partial charge in [0.15, 0.2) is 0 Å². The van der Waals surface area contributed by atoms with Crippen LogP contribution in [0.1, 0.15) is 38.2 Å². The van der Waals surface area contributed by atoms with Gasteiger partial charge in [-0.15, -0.1) is 0 Å². The first-order valence-electron chi connectivity index (χ1n) is 6.88. The Balaban J connectivity index is 1.99. The smallest absolute Gasteiger partial charge is 0.0452 e. The molecule has 100 valence electrons. The van der Waals surface area contributed by atoms with Crippen LogP contribution >= 0.6 is 23.2 Å². The van der Waals surface area contributed by atoms with E-state index in [1.165, 1.54) is 31.2 Å². The van der Waals surface area contributed by atoms with E-state index in [2.05, 4.69) is 18.3 Å². The van der Waals surface area contributed by atoms with Crippen LogP contribution < -0.4 is 5.32 Å². The maximum absolute atomic E-state index is 6.26. The number of rotatable bonds is 5. The van der Waals surface area contributed by atoms with E-state index >= 15 is 0 Å². The molecule has 0 heterocycles. The summed E-state index contributed by atoms with van der Waals surface area (Å²) in [6.07, 6.45) is 6.20. The first kappa shape index (κ1) is 14.2. The third-order valence-electron chi connectivity index (χ3n) is 3.81. The van der Waals surface area contributed by atoms with Gasteiger partial charge in [-0.2, -0.15) is 0 Å². The SMILES string of the molecule is CCCNC1CCCC1Cc1ccc(Cl)cc1Cl. The third kappa shape index (κ3) is 3.63. The summed E-state index contributed by atoms with van der Waals surface area (Å²) < 4.78 is 0. The lowest BCUT2D eigenvalue weighted by atomic mass is 9.94. The fraction of sp³-hybridized carbons (Fsp3) is 0.600. The van der Waals surface area contributed by atoms with Gasteiger partial charge in [0.05, 0.1) is 0 Å². The predicted molar refractivity (Wildman–Crippen MR) is 79.6 cm³/mol. The van der Waals surface area contributed by atoms with Crippen LogP contribution in [0.5, 0.6) is 0 Å². The summed E-state index contributed by atoms with van der Waals surface area (Å²) in [6, 6.07) is 6.52. The van der Waals surface area contributed by atoms with Gasteiger partial charge in [-0.05, 0) is 55.8 Å². The van der Waals surface area contributed by atoms with Crippen molar-refractivity contribution in [1.29, 1.82) is 0 Å². The van der Waals surface area contributed by atoms with Gasteiger partial charge in [0.1, 0.15) is 0 Å². The molecule has 0 aliphatic heterocycles. The Morgan fingerprint density at radius 2 is 2.11 bits per heavy atom. The zero-order valence-electron chi connectivity index (χ0n) is 10.9. The summed E-state index contributed by atoms with van der Waals surface area (Å²) in [7, 11) is 0. The molecule has 0 amide bonds. The van der Waals surface area contributed by atoms with Gasteiger partial charge in [-0.1, -0.05) is 42.6 Å². The van der Waals surface area contributed by atoms with Crippen molar-refractivity contribution in [2.24, 2.45) is 5.92 Å². The zero-order chi connectivity index (χ0) is 13.0. The molecular weight excluding hydrogens is 265 g/mol. The molecule has 1 fully saturated rings. The molecule has 18 heavy (non-hydrogen) atoms. The monoisotopic (exact) mass is 285 g/mol. The fourth-order valence-corrected chi connectivity index (χ4v) is 3.33. The van der Waals surface area contributed by atoms with Gasteiger partial charge in [0.2, 0.25) is 0 Å². The topological polar surface area (TPSA) is 12.0 Å². The molecule has 2 rings (SSSR count). The molecule has 1 nitrogen and oxygen atoms in total. The van der Waals surface area contributed by atoms with Gasteiger partial charge in [-0.25, -0.2) is 0 Å². The second kappa shape index (κ2) is 6.79. The van der Waals surface area contributed by atoms with Crippen LogP contribution in [0.15, 0.2) is 18.2 Å². The summed E-state index contributed by atoms with van der Waals surface area (Å²) >= 11 is 12.2. The van der Waals surface area contributed by atoms with Gasteiger partial charge < -0.3 is 5.32 Å². The Labute approximate surface area is 120 Å². The molecule has 1 N–H and O–H groups in total. The molecule has 0 saturated heterocycles. The Morgan fingerprint density at radius 1 is 1.28 bits per heavy atom. The van der Waals surface area contributed by atoms with E-state index in [1.54, 1.807) is 0 Å². The van der Waals surface area contributed by atoms with Crippen LogP contribution in [-0.4, -0.2) is 12.6 Å². The van der Waals surface area contributed by atoms with Gasteiger partial charge in [0, 0.05) is 16.1 Å². The number of benzene rings is 1. The van der Waals surface area contributed by atoms with Crippen molar-refractivity contribution in [3.05, 3.63) is 33.8 Å². The standard InChI is InChI=1S/C15H21Cl2N/c1-2-8-18-15-5-3-4-12(15)9-11-6-7-13(16)10-14(11)17/h6-7,10,12,15,18H,2-5,8-9H2,1H3. The predicted octanol–water partition coefficient (Wildman–Crippen LogP) is 4.70. The molecule has 1 aliphatic rings. The molecule has 1 aromatic carbocycles. The van der Waals surface area contributed by atoms with Gasteiger partial charge in [0.25, 0.3) is 0 Å². The summed E-state index contributed by atoms with van der Waals surface area (Å²) in [6.45, 7) is 3.34. The number of halogens is 2. The average Bonchev–Trinajstić information content (AvgIpc) is 2.77. The Morgan fingerprint density at radius 3 is 2.83 bits per heavy atom. The Bertz CT molecular complexity index is 392. The lowest BCUT2D eigenvalue weighted by Crippen LogP contribution is -2.33. The van der Waals surface area contributed by atoms with Crippen LogP contribution in [0.25, 0.3) is 0 Å². The molecule has 0 radical (unpaired) electrons. The highest BCUT2D eigenvalue weighted by Crippen LogP contribution is 2.31. The minimum atomic E-state index is 0.664. The second-order valence-electron chi connectivity index (χ2n) is 5.19. The van der Waals surface area contributed by atoms with Crippen LogP contribution in [0.4, 0.5) is 0 Å². The van der Waals surface area contributed by atoms with Crippen LogP contribution in [0.2, 0.25) is 10.0 Å². The highest BCUT2D eigenvalue weighted by atomic mass is 35.5. The van der Waals surface area contributed by atoms with E-state index in [9.17, 15) is 0 Å². The van der Waals surface area contributed by atoms with Crippen molar-refractivity contribution in [1.82, 2.24) is 5.32 Å². The molecule has 1 saturated carbocycles. The summed E-state index contributed by atoms with van der Waals surface area (Å²) in [5.74, 6) is 0.718. The maximum Gasteiger partial charge on any atom is 0.0452 e. The molecule has 2 atom stereocenters. The molecule has 2 unspecified atom stereocenters. The lowest BCUT2D eigenvalue weighted by Gasteiger charge is -2.21.